The Kier molecular flexibility index (Phi) is 11.8. The topological polar surface area (TPSA) is 116 Å². The maximum atomic E-state index is 14.2. The third kappa shape index (κ3) is 8.25. The third-order valence-electron chi connectivity index (χ3n) is 8.44. The number of likely N-dealkylation sites (tertiary alicyclic amines) is 1. The minimum atomic E-state index is -1.48. The van der Waals surface area contributed by atoms with Crippen LogP contribution in [-0.4, -0.2) is 77.5 Å². The van der Waals surface area contributed by atoms with Crippen molar-refractivity contribution in [2.24, 2.45) is 17.1 Å². The summed E-state index contributed by atoms with van der Waals surface area (Å²) in [7, 11) is 0. The minimum absolute atomic E-state index is 0.0218. The first-order valence-electron chi connectivity index (χ1n) is 15.0. The Morgan fingerprint density at radius 2 is 1.71 bits per heavy atom. The number of aliphatic hydroxyl groups is 1. The second-order valence-corrected chi connectivity index (χ2v) is 11.8. The molecule has 3 rings (SSSR count). The summed E-state index contributed by atoms with van der Waals surface area (Å²) in [6.07, 6.45) is 5.21. The van der Waals surface area contributed by atoms with Crippen molar-refractivity contribution in [3.05, 3.63) is 58.7 Å². The molecule has 1 unspecified atom stereocenters. The highest BCUT2D eigenvalue weighted by molar-refractivity contribution is 5.97. The molecule has 0 radical (unpaired) electrons. The molecule has 10 heteroatoms. The third-order valence-corrected chi connectivity index (χ3v) is 8.44. The van der Waals surface area contributed by atoms with Crippen molar-refractivity contribution < 1.29 is 28.3 Å². The van der Waals surface area contributed by atoms with Gasteiger partial charge in [-0.05, 0) is 63.1 Å². The van der Waals surface area contributed by atoms with Crippen molar-refractivity contribution in [1.82, 2.24) is 15.1 Å². The Hall–Kier alpha value is -3.11. The molecule has 3 amide bonds. The number of allylic oxidation sites excluding steroid dienone is 2. The first-order chi connectivity index (χ1) is 19.9. The molecule has 4 N–H and O–H groups in total. The number of nitrogens with one attached hydrogen (secondary N) is 1. The van der Waals surface area contributed by atoms with Crippen molar-refractivity contribution >= 4 is 17.7 Å². The van der Waals surface area contributed by atoms with Crippen molar-refractivity contribution in [2.75, 3.05) is 32.7 Å². The van der Waals surface area contributed by atoms with E-state index in [1.807, 2.05) is 13.8 Å². The number of halogens is 2. The maximum absolute atomic E-state index is 14.2. The van der Waals surface area contributed by atoms with E-state index in [2.05, 4.69) is 5.32 Å². The average Bonchev–Trinajstić information content (AvgIpc) is 2.93. The summed E-state index contributed by atoms with van der Waals surface area (Å²) in [6.45, 7) is 9.73. The molecule has 1 aromatic rings. The highest BCUT2D eigenvalue weighted by atomic mass is 19.1. The summed E-state index contributed by atoms with van der Waals surface area (Å²) < 4.78 is 28.4. The Bertz CT molecular complexity index is 1170. The van der Waals surface area contributed by atoms with Gasteiger partial charge in [-0.1, -0.05) is 31.6 Å². The smallest absolute Gasteiger partial charge is 0.249 e. The van der Waals surface area contributed by atoms with Crippen LogP contribution in [0.3, 0.4) is 0 Å². The fourth-order valence-electron chi connectivity index (χ4n) is 6.39. The molecule has 0 bridgehead atoms. The second-order valence-electron chi connectivity index (χ2n) is 11.8. The maximum Gasteiger partial charge on any atom is 0.249 e. The summed E-state index contributed by atoms with van der Waals surface area (Å²) >= 11 is 0. The molecule has 0 saturated carbocycles. The first kappa shape index (κ1) is 33.4. The van der Waals surface area contributed by atoms with Crippen LogP contribution in [0.25, 0.3) is 0 Å². The number of benzene rings is 1. The van der Waals surface area contributed by atoms with Gasteiger partial charge in [0.25, 0.3) is 0 Å². The van der Waals surface area contributed by atoms with Gasteiger partial charge in [0.1, 0.15) is 11.6 Å². The molecule has 8 nitrogen and oxygen atoms in total. The highest BCUT2D eigenvalue weighted by Crippen LogP contribution is 2.44. The van der Waals surface area contributed by atoms with Crippen LogP contribution in [0.1, 0.15) is 65.4 Å². The van der Waals surface area contributed by atoms with Crippen LogP contribution < -0.4 is 11.1 Å². The summed E-state index contributed by atoms with van der Waals surface area (Å²) in [5, 5.41) is 15.0. The number of amides is 3. The molecule has 1 heterocycles. The van der Waals surface area contributed by atoms with Crippen LogP contribution in [0.4, 0.5) is 8.78 Å². The zero-order valence-corrected chi connectivity index (χ0v) is 25.3. The van der Waals surface area contributed by atoms with Crippen molar-refractivity contribution in [2.45, 2.75) is 78.4 Å². The summed E-state index contributed by atoms with van der Waals surface area (Å²) in [5.74, 6) is -3.29. The lowest BCUT2D eigenvalue weighted by molar-refractivity contribution is -0.132. The normalized spacial score (nSPS) is 20.9. The van der Waals surface area contributed by atoms with Gasteiger partial charge in [-0.2, -0.15) is 0 Å². The molecule has 0 spiro atoms. The lowest BCUT2D eigenvalue weighted by atomic mass is 9.63. The summed E-state index contributed by atoms with van der Waals surface area (Å²) in [4.78, 5) is 42.3. The molecule has 232 valence electrons. The Labute approximate surface area is 248 Å². The predicted octanol–water partition coefficient (Wildman–Crippen LogP) is 3.48. The van der Waals surface area contributed by atoms with Gasteiger partial charge in [0.2, 0.25) is 17.7 Å². The minimum Gasteiger partial charge on any atom is -0.391 e. The van der Waals surface area contributed by atoms with Gasteiger partial charge in [0.05, 0.1) is 11.5 Å². The Morgan fingerprint density at radius 1 is 1.12 bits per heavy atom. The quantitative estimate of drug-likeness (QED) is 0.326. The molecule has 0 aromatic heterocycles. The number of rotatable bonds is 13. The van der Waals surface area contributed by atoms with Crippen LogP contribution in [0.2, 0.25) is 0 Å². The van der Waals surface area contributed by atoms with E-state index in [0.717, 1.165) is 18.9 Å². The van der Waals surface area contributed by atoms with Crippen LogP contribution in [0, 0.1) is 23.0 Å². The van der Waals surface area contributed by atoms with Gasteiger partial charge < -0.3 is 26.0 Å². The number of carbonyl (C=O) groups excluding carboxylic acids is 3. The predicted molar refractivity (Wildman–Crippen MR) is 158 cm³/mol. The van der Waals surface area contributed by atoms with E-state index in [9.17, 15) is 28.3 Å². The van der Waals surface area contributed by atoms with Crippen molar-refractivity contribution in [3.63, 3.8) is 0 Å². The molecule has 1 fully saturated rings. The SMILES string of the molecule is CCCN(CCC)C(=O)C1=CC(C)=CC(C(N)=O)([C@H](Cc2cc(F)cc(F)c2)[C@@H](O)CNC2CCN(C(C)=O)CC2)C1. The van der Waals surface area contributed by atoms with Gasteiger partial charge >= 0.3 is 0 Å². The molecule has 3 atom stereocenters. The van der Waals surface area contributed by atoms with Crippen LogP contribution in [0.15, 0.2) is 41.5 Å². The van der Waals surface area contributed by atoms with Gasteiger partial charge in [-0.15, -0.1) is 0 Å². The number of nitrogens with zero attached hydrogens (tertiary/aromatic N) is 2. The monoisotopic (exact) mass is 588 g/mol. The van der Waals surface area contributed by atoms with Gasteiger partial charge in [-0.3, -0.25) is 14.4 Å². The Balaban J connectivity index is 1.95. The van der Waals surface area contributed by atoms with Crippen molar-refractivity contribution in [1.29, 1.82) is 0 Å². The zero-order valence-electron chi connectivity index (χ0n) is 25.3. The number of piperidine rings is 1. The van der Waals surface area contributed by atoms with Crippen LogP contribution in [0.5, 0.6) is 0 Å². The highest BCUT2D eigenvalue weighted by Gasteiger charge is 2.48. The van der Waals surface area contributed by atoms with E-state index in [0.29, 0.717) is 50.2 Å². The first-order valence-corrected chi connectivity index (χ1v) is 15.0. The van der Waals surface area contributed by atoms with Gasteiger partial charge in [-0.25, -0.2) is 8.78 Å². The fourth-order valence-corrected chi connectivity index (χ4v) is 6.39. The lowest BCUT2D eigenvalue weighted by Crippen LogP contribution is -2.53. The number of primary amides is 1. The molecule has 1 aromatic carbocycles. The zero-order chi connectivity index (χ0) is 31.0. The largest absolute Gasteiger partial charge is 0.391 e. The molecule has 1 aliphatic heterocycles. The van der Waals surface area contributed by atoms with Gasteiger partial charge in [0, 0.05) is 63.2 Å². The number of nitrogens with two attached hydrogens (primary N) is 1. The number of carbonyl (C=O) groups is 3. The van der Waals surface area contributed by atoms with Crippen LogP contribution in [-0.2, 0) is 20.8 Å². The molecule has 42 heavy (non-hydrogen) atoms. The number of hydrogen-bond donors (Lipinski definition) is 3. The second kappa shape index (κ2) is 14.9. The molecule has 1 aliphatic carbocycles. The van der Waals surface area contributed by atoms with E-state index in [1.165, 1.54) is 19.1 Å². The van der Waals surface area contributed by atoms with E-state index in [4.69, 9.17) is 5.73 Å². The average molecular weight is 589 g/mol. The van der Waals surface area contributed by atoms with E-state index >= 15 is 0 Å². The van der Waals surface area contributed by atoms with E-state index in [1.54, 1.807) is 28.9 Å². The summed E-state index contributed by atoms with van der Waals surface area (Å²) in [6, 6.07) is 3.19. The lowest BCUT2D eigenvalue weighted by Gasteiger charge is -2.42. The molecular weight excluding hydrogens is 542 g/mol. The number of hydrogen-bond acceptors (Lipinski definition) is 5. The van der Waals surface area contributed by atoms with Crippen LogP contribution >= 0.6 is 0 Å². The molecule has 1 saturated heterocycles. The Morgan fingerprint density at radius 3 is 2.24 bits per heavy atom. The molecular formula is C32H46F2N4O4. The molecule has 2 aliphatic rings. The fraction of sp³-hybridized carbons (Fsp3) is 0.594. The number of aliphatic hydroxyl groups excluding tert-OH is 1. The van der Waals surface area contributed by atoms with Crippen molar-refractivity contribution in [3.8, 4) is 0 Å². The van der Waals surface area contributed by atoms with E-state index in [-0.39, 0.29) is 42.8 Å². The summed E-state index contributed by atoms with van der Waals surface area (Å²) in [5.41, 5.74) is 5.98. The van der Waals surface area contributed by atoms with E-state index < -0.39 is 35.0 Å². The van der Waals surface area contributed by atoms with Gasteiger partial charge in [0.15, 0.2) is 0 Å². The standard InChI is InChI=1S/C32H46F2N4O4/c1-5-9-38(10-6-2)30(41)24-13-21(3)18-32(19-24,31(35)42)28(16-23-14-25(33)17-26(34)15-23)29(40)20-36-27-7-11-37(12-8-27)22(4)39/h13-15,17-18,27-29,36,40H,5-12,16,19-20H2,1-4H3,(H2,35,42)/t28-,29+,32?/m1/s1.